The quantitative estimate of drug-likeness (QED) is 0.456. The minimum atomic E-state index is -0.549. The maximum Gasteiger partial charge on any atom is 0.337 e. The van der Waals surface area contributed by atoms with E-state index in [1.807, 2.05) is 0 Å². The van der Waals surface area contributed by atoms with Crippen LogP contribution in [0.3, 0.4) is 0 Å². The van der Waals surface area contributed by atoms with Crippen molar-refractivity contribution in [1.82, 2.24) is 0 Å². The predicted molar refractivity (Wildman–Crippen MR) is 92.0 cm³/mol. The molecule has 0 unspecified atom stereocenters. The van der Waals surface area contributed by atoms with E-state index in [1.165, 1.54) is 27.4 Å². The molecule has 0 radical (unpaired) electrons. The van der Waals surface area contributed by atoms with Gasteiger partial charge in [0.2, 0.25) is 0 Å². The van der Waals surface area contributed by atoms with Gasteiger partial charge in [-0.15, -0.1) is 0 Å². The highest BCUT2D eigenvalue weighted by Gasteiger charge is 2.07. The molecule has 0 saturated carbocycles. The summed E-state index contributed by atoms with van der Waals surface area (Å²) in [6.45, 7) is 0. The van der Waals surface area contributed by atoms with Gasteiger partial charge in [-0.1, -0.05) is 12.1 Å². The van der Waals surface area contributed by atoms with Gasteiger partial charge >= 0.3 is 11.9 Å². The van der Waals surface area contributed by atoms with Crippen LogP contribution in [-0.2, 0) is 9.53 Å². The van der Waals surface area contributed by atoms with Crippen molar-refractivity contribution in [3.63, 3.8) is 0 Å². The van der Waals surface area contributed by atoms with Crippen LogP contribution in [0.15, 0.2) is 48.5 Å². The van der Waals surface area contributed by atoms with Crippen LogP contribution in [-0.4, -0.2) is 33.3 Å². The second-order valence-corrected chi connectivity index (χ2v) is 4.92. The van der Waals surface area contributed by atoms with Crippen molar-refractivity contribution in [3.8, 4) is 17.2 Å². The van der Waals surface area contributed by atoms with Gasteiger partial charge in [-0.25, -0.2) is 9.59 Å². The van der Waals surface area contributed by atoms with Crippen LogP contribution >= 0.6 is 0 Å². The van der Waals surface area contributed by atoms with Crippen molar-refractivity contribution >= 4 is 18.0 Å². The van der Waals surface area contributed by atoms with Gasteiger partial charge in [0, 0.05) is 24.3 Å². The molecular weight excluding hydrogens is 324 g/mol. The van der Waals surface area contributed by atoms with Gasteiger partial charge in [0.25, 0.3) is 0 Å². The molecule has 0 spiro atoms. The molecule has 25 heavy (non-hydrogen) atoms. The van der Waals surface area contributed by atoms with Crippen LogP contribution in [0.25, 0.3) is 6.08 Å². The third kappa shape index (κ3) is 5.10. The summed E-state index contributed by atoms with van der Waals surface area (Å²) in [4.78, 5) is 23.3. The molecule has 0 heterocycles. The monoisotopic (exact) mass is 342 g/mol. The largest absolute Gasteiger partial charge is 0.496 e. The molecule has 6 heteroatoms. The Morgan fingerprint density at radius 3 is 1.92 bits per heavy atom. The average molecular weight is 342 g/mol. The average Bonchev–Trinajstić information content (AvgIpc) is 2.65. The smallest absolute Gasteiger partial charge is 0.337 e. The molecule has 2 rings (SSSR count). The first-order valence-electron chi connectivity index (χ1n) is 7.37. The van der Waals surface area contributed by atoms with Crippen molar-refractivity contribution in [2.75, 3.05) is 21.3 Å². The molecule has 0 amide bonds. The number of hydrogen-bond acceptors (Lipinski definition) is 6. The van der Waals surface area contributed by atoms with Gasteiger partial charge in [0.1, 0.15) is 17.2 Å². The number of carbonyl (C=O) groups excluding carboxylic acids is 2. The van der Waals surface area contributed by atoms with E-state index in [9.17, 15) is 9.59 Å². The fourth-order valence-corrected chi connectivity index (χ4v) is 2.00. The normalized spacial score (nSPS) is 10.4. The molecule has 0 aliphatic carbocycles. The zero-order chi connectivity index (χ0) is 18.2. The van der Waals surface area contributed by atoms with Crippen LogP contribution < -0.4 is 14.2 Å². The van der Waals surface area contributed by atoms with Crippen molar-refractivity contribution in [3.05, 3.63) is 59.7 Å². The molecular formula is C19H18O6. The highest BCUT2D eigenvalue weighted by molar-refractivity contribution is 5.91. The molecule has 0 atom stereocenters. The Morgan fingerprint density at radius 1 is 0.840 bits per heavy atom. The molecule has 0 aliphatic heterocycles. The summed E-state index contributed by atoms with van der Waals surface area (Å²) < 4.78 is 20.1. The molecule has 0 aliphatic rings. The second kappa shape index (κ2) is 8.54. The topological polar surface area (TPSA) is 71.1 Å². The van der Waals surface area contributed by atoms with Crippen LogP contribution in [0.2, 0.25) is 0 Å². The standard InChI is InChI=1S/C19H18O6/c1-22-15-10-16(23-2)12-17(11-15)25-18(20)9-6-13-4-7-14(8-5-13)19(21)24-3/h4-12H,1-3H3/b9-6+. The molecule has 0 N–H and O–H groups in total. The number of hydrogen-bond donors (Lipinski definition) is 0. The Labute approximate surface area is 145 Å². The van der Waals surface area contributed by atoms with Gasteiger partial charge in [0.15, 0.2) is 0 Å². The minimum absolute atomic E-state index is 0.312. The van der Waals surface area contributed by atoms with Crippen LogP contribution in [0, 0.1) is 0 Å². The first kappa shape index (κ1) is 18.1. The van der Waals surface area contributed by atoms with Crippen molar-refractivity contribution in [2.45, 2.75) is 0 Å². The minimum Gasteiger partial charge on any atom is -0.496 e. The predicted octanol–water partition coefficient (Wildman–Crippen LogP) is 3.11. The van der Waals surface area contributed by atoms with E-state index in [4.69, 9.17) is 14.2 Å². The van der Waals surface area contributed by atoms with Crippen LogP contribution in [0.4, 0.5) is 0 Å². The van der Waals surface area contributed by atoms with Gasteiger partial charge in [-0.3, -0.25) is 0 Å². The highest BCUT2D eigenvalue weighted by Crippen LogP contribution is 2.27. The number of ether oxygens (including phenoxy) is 4. The lowest BCUT2D eigenvalue weighted by molar-refractivity contribution is -0.128. The second-order valence-electron chi connectivity index (χ2n) is 4.92. The summed E-state index contributed by atoms with van der Waals surface area (Å²) in [6.07, 6.45) is 2.87. The van der Waals surface area contributed by atoms with E-state index in [0.29, 0.717) is 22.8 Å². The molecule has 0 bridgehead atoms. The lowest BCUT2D eigenvalue weighted by Crippen LogP contribution is -2.04. The van der Waals surface area contributed by atoms with Gasteiger partial charge in [-0.2, -0.15) is 0 Å². The molecule has 2 aromatic rings. The molecule has 2 aromatic carbocycles. The third-order valence-electron chi connectivity index (χ3n) is 3.29. The van der Waals surface area contributed by atoms with Gasteiger partial charge in [0.05, 0.1) is 26.9 Å². The van der Waals surface area contributed by atoms with Gasteiger partial charge in [-0.05, 0) is 23.8 Å². The number of carbonyl (C=O) groups is 2. The summed E-state index contributed by atoms with van der Waals surface area (Å²) in [6, 6.07) is 11.5. The Hall–Kier alpha value is -3.28. The summed E-state index contributed by atoms with van der Waals surface area (Å²) in [5.41, 5.74) is 1.18. The summed E-state index contributed by atoms with van der Waals surface area (Å²) in [7, 11) is 4.34. The van der Waals surface area contributed by atoms with E-state index in [2.05, 4.69) is 4.74 Å². The first-order valence-corrected chi connectivity index (χ1v) is 7.37. The zero-order valence-electron chi connectivity index (χ0n) is 14.1. The fourth-order valence-electron chi connectivity index (χ4n) is 2.00. The van der Waals surface area contributed by atoms with Gasteiger partial charge < -0.3 is 18.9 Å². The molecule has 6 nitrogen and oxygen atoms in total. The lowest BCUT2D eigenvalue weighted by Gasteiger charge is -2.07. The molecule has 130 valence electrons. The lowest BCUT2D eigenvalue weighted by atomic mass is 10.1. The number of methoxy groups -OCH3 is 3. The fraction of sp³-hybridized carbons (Fsp3) is 0.158. The van der Waals surface area contributed by atoms with E-state index in [0.717, 1.165) is 5.56 Å². The first-order chi connectivity index (χ1) is 12.0. The van der Waals surface area contributed by atoms with E-state index in [1.54, 1.807) is 48.5 Å². The molecule has 0 aromatic heterocycles. The van der Waals surface area contributed by atoms with E-state index in [-0.39, 0.29) is 0 Å². The summed E-state index contributed by atoms with van der Waals surface area (Å²) in [5.74, 6) is 0.384. The molecule has 0 saturated heterocycles. The Bertz CT molecular complexity index is 755. The molecule has 0 fully saturated rings. The Morgan fingerprint density at radius 2 is 1.40 bits per heavy atom. The van der Waals surface area contributed by atoms with Crippen molar-refractivity contribution in [2.24, 2.45) is 0 Å². The zero-order valence-corrected chi connectivity index (χ0v) is 14.1. The van der Waals surface area contributed by atoms with Crippen LogP contribution in [0.5, 0.6) is 17.2 Å². The Balaban J connectivity index is 2.04. The SMILES string of the molecule is COC(=O)c1ccc(/C=C/C(=O)Oc2cc(OC)cc(OC)c2)cc1. The Kier molecular flexibility index (Phi) is 6.17. The highest BCUT2D eigenvalue weighted by atomic mass is 16.5. The van der Waals surface area contributed by atoms with Crippen molar-refractivity contribution in [1.29, 1.82) is 0 Å². The summed E-state index contributed by atoms with van der Waals surface area (Å²) >= 11 is 0. The maximum absolute atomic E-state index is 11.9. The number of benzene rings is 2. The van der Waals surface area contributed by atoms with E-state index >= 15 is 0 Å². The van der Waals surface area contributed by atoms with Crippen LogP contribution in [0.1, 0.15) is 15.9 Å². The van der Waals surface area contributed by atoms with E-state index < -0.39 is 11.9 Å². The maximum atomic E-state index is 11.9. The number of rotatable bonds is 6. The summed E-state index contributed by atoms with van der Waals surface area (Å²) in [5, 5.41) is 0. The third-order valence-corrected chi connectivity index (χ3v) is 3.29. The van der Waals surface area contributed by atoms with Crippen molar-refractivity contribution < 1.29 is 28.5 Å². The number of esters is 2.